The zero-order valence-electron chi connectivity index (χ0n) is 14.3. The van der Waals surface area contributed by atoms with E-state index >= 15 is 0 Å². The Morgan fingerprint density at radius 3 is 2.76 bits per heavy atom. The number of amides is 1. The molecule has 0 spiro atoms. The molecule has 2 aromatic carbocycles. The average Bonchev–Trinajstić information content (AvgIpc) is 2.66. The van der Waals surface area contributed by atoms with Crippen LogP contribution in [0, 0.1) is 0 Å². The van der Waals surface area contributed by atoms with Crippen molar-refractivity contribution >= 4 is 5.91 Å². The number of hydrogen-bond acceptors (Lipinski definition) is 5. The second-order valence-electron chi connectivity index (χ2n) is 5.51. The molecule has 3 rings (SSSR count). The van der Waals surface area contributed by atoms with Crippen molar-refractivity contribution in [2.45, 2.75) is 13.0 Å². The number of hydrogen-bond donors (Lipinski definition) is 1. The maximum Gasteiger partial charge on any atom is 0.251 e. The van der Waals surface area contributed by atoms with Crippen LogP contribution in [0.3, 0.4) is 0 Å². The van der Waals surface area contributed by atoms with Gasteiger partial charge in [0.2, 0.25) is 0 Å². The van der Waals surface area contributed by atoms with Crippen LogP contribution in [0.2, 0.25) is 0 Å². The van der Waals surface area contributed by atoms with Crippen LogP contribution in [0.1, 0.15) is 17.3 Å². The molecule has 1 unspecified atom stereocenters. The van der Waals surface area contributed by atoms with Crippen molar-refractivity contribution in [2.24, 2.45) is 0 Å². The summed E-state index contributed by atoms with van der Waals surface area (Å²) in [6, 6.07) is 12.6. The summed E-state index contributed by atoms with van der Waals surface area (Å²) in [7, 11) is 1.57. The third-order valence-electron chi connectivity index (χ3n) is 3.78. The van der Waals surface area contributed by atoms with Gasteiger partial charge in [0.25, 0.3) is 5.91 Å². The Balaban J connectivity index is 1.60. The van der Waals surface area contributed by atoms with Crippen LogP contribution in [0.15, 0.2) is 42.5 Å². The summed E-state index contributed by atoms with van der Waals surface area (Å²) < 4.78 is 22.2. The Morgan fingerprint density at radius 1 is 1.20 bits per heavy atom. The average molecular weight is 343 g/mol. The van der Waals surface area contributed by atoms with Gasteiger partial charge in [-0.15, -0.1) is 0 Å². The first-order valence-electron chi connectivity index (χ1n) is 8.18. The van der Waals surface area contributed by atoms with E-state index in [2.05, 4.69) is 5.32 Å². The molecule has 1 atom stereocenters. The highest BCUT2D eigenvalue weighted by molar-refractivity contribution is 5.94. The number of fused-ring (bicyclic) bond motifs is 1. The van der Waals surface area contributed by atoms with Gasteiger partial charge in [0.15, 0.2) is 23.0 Å². The molecule has 1 N–H and O–H groups in total. The Morgan fingerprint density at radius 2 is 2.00 bits per heavy atom. The molecule has 1 amide bonds. The highest BCUT2D eigenvalue weighted by Gasteiger charge is 2.21. The molecule has 0 radical (unpaired) electrons. The van der Waals surface area contributed by atoms with Crippen molar-refractivity contribution in [3.05, 3.63) is 48.0 Å². The topological polar surface area (TPSA) is 66.0 Å². The highest BCUT2D eigenvalue weighted by Crippen LogP contribution is 2.31. The lowest BCUT2D eigenvalue weighted by atomic mass is 10.2. The summed E-state index contributed by atoms with van der Waals surface area (Å²) in [5.74, 6) is 2.35. The number of methoxy groups -OCH3 is 1. The summed E-state index contributed by atoms with van der Waals surface area (Å²) in [5, 5.41) is 2.87. The van der Waals surface area contributed by atoms with E-state index in [0.717, 1.165) is 5.75 Å². The van der Waals surface area contributed by atoms with Crippen LogP contribution in [0.25, 0.3) is 0 Å². The maximum atomic E-state index is 12.4. The predicted molar refractivity (Wildman–Crippen MR) is 92.8 cm³/mol. The molecule has 0 aromatic heterocycles. The number of benzene rings is 2. The third-order valence-corrected chi connectivity index (χ3v) is 3.78. The van der Waals surface area contributed by atoms with Crippen LogP contribution >= 0.6 is 0 Å². The first-order chi connectivity index (χ1) is 12.2. The number of rotatable bonds is 6. The molecule has 0 aliphatic carbocycles. The van der Waals surface area contributed by atoms with Crippen LogP contribution < -0.4 is 24.3 Å². The van der Waals surface area contributed by atoms with Crippen molar-refractivity contribution in [1.82, 2.24) is 5.32 Å². The van der Waals surface area contributed by atoms with Crippen molar-refractivity contribution in [2.75, 3.05) is 26.9 Å². The van der Waals surface area contributed by atoms with Gasteiger partial charge in [0.05, 0.1) is 20.3 Å². The number of nitrogens with one attached hydrogen (secondary N) is 1. The Hall–Kier alpha value is -2.89. The fraction of sp³-hybridized carbons (Fsp3) is 0.316. The largest absolute Gasteiger partial charge is 0.493 e. The van der Waals surface area contributed by atoms with Gasteiger partial charge in [0, 0.05) is 5.56 Å². The molecular weight excluding hydrogens is 322 g/mol. The number of carbonyl (C=O) groups excluding carboxylic acids is 1. The second-order valence-corrected chi connectivity index (χ2v) is 5.51. The predicted octanol–water partition coefficient (Wildman–Crippen LogP) is 2.66. The van der Waals surface area contributed by atoms with Crippen molar-refractivity contribution < 1.29 is 23.7 Å². The lowest BCUT2D eigenvalue weighted by molar-refractivity contribution is 0.0789. The lowest BCUT2D eigenvalue weighted by Crippen LogP contribution is -2.40. The highest BCUT2D eigenvalue weighted by atomic mass is 16.6. The molecule has 1 aliphatic heterocycles. The van der Waals surface area contributed by atoms with Gasteiger partial charge in [-0.05, 0) is 37.3 Å². The molecule has 0 saturated heterocycles. The number of para-hydroxylation sites is 2. The van der Waals surface area contributed by atoms with Gasteiger partial charge >= 0.3 is 0 Å². The van der Waals surface area contributed by atoms with Crippen LogP contribution in [-0.4, -0.2) is 38.9 Å². The molecule has 132 valence electrons. The fourth-order valence-electron chi connectivity index (χ4n) is 2.56. The molecule has 6 nitrogen and oxygen atoms in total. The van der Waals surface area contributed by atoms with Gasteiger partial charge in [-0.1, -0.05) is 12.1 Å². The molecule has 6 heteroatoms. The smallest absolute Gasteiger partial charge is 0.251 e. The van der Waals surface area contributed by atoms with Crippen molar-refractivity contribution in [3.8, 4) is 23.0 Å². The number of carbonyl (C=O) groups is 1. The second kappa shape index (κ2) is 7.79. The van der Waals surface area contributed by atoms with Gasteiger partial charge in [-0.2, -0.15) is 0 Å². The third kappa shape index (κ3) is 3.96. The molecule has 0 fully saturated rings. The molecule has 0 bridgehead atoms. The van der Waals surface area contributed by atoms with Crippen molar-refractivity contribution in [1.29, 1.82) is 0 Å². The SMILES string of the molecule is CCOc1cc(C(=O)NCC2COc3ccccc3O2)ccc1OC. The van der Waals surface area contributed by atoms with E-state index in [9.17, 15) is 4.79 Å². The number of ether oxygens (including phenoxy) is 4. The van der Waals surface area contributed by atoms with Gasteiger partial charge in [0.1, 0.15) is 12.7 Å². The van der Waals surface area contributed by atoms with Crippen molar-refractivity contribution in [3.63, 3.8) is 0 Å². The van der Waals surface area contributed by atoms with E-state index in [4.69, 9.17) is 18.9 Å². The van der Waals surface area contributed by atoms with E-state index in [0.29, 0.717) is 42.6 Å². The molecular formula is C19H21NO5. The van der Waals surface area contributed by atoms with E-state index in [1.165, 1.54) is 0 Å². The first-order valence-corrected chi connectivity index (χ1v) is 8.18. The van der Waals surface area contributed by atoms with Gasteiger partial charge in [-0.25, -0.2) is 0 Å². The molecule has 0 saturated carbocycles. The van der Waals surface area contributed by atoms with Gasteiger partial charge < -0.3 is 24.3 Å². The van der Waals surface area contributed by atoms with Crippen LogP contribution in [0.4, 0.5) is 0 Å². The molecule has 25 heavy (non-hydrogen) atoms. The molecule has 2 aromatic rings. The van der Waals surface area contributed by atoms with Gasteiger partial charge in [-0.3, -0.25) is 4.79 Å². The van der Waals surface area contributed by atoms with Crippen LogP contribution in [-0.2, 0) is 0 Å². The molecule has 1 aliphatic rings. The standard InChI is InChI=1S/C19H21NO5/c1-3-23-18-10-13(8-9-15(18)22-2)19(21)20-11-14-12-24-16-6-4-5-7-17(16)25-14/h4-10,14H,3,11-12H2,1-2H3,(H,20,21). The summed E-state index contributed by atoms with van der Waals surface area (Å²) >= 11 is 0. The lowest BCUT2D eigenvalue weighted by Gasteiger charge is -2.26. The molecule has 1 heterocycles. The summed E-state index contributed by atoms with van der Waals surface area (Å²) in [4.78, 5) is 12.4. The van der Waals surface area contributed by atoms with E-state index in [1.807, 2.05) is 31.2 Å². The monoisotopic (exact) mass is 343 g/mol. The Kier molecular flexibility index (Phi) is 5.28. The zero-order valence-corrected chi connectivity index (χ0v) is 14.3. The summed E-state index contributed by atoms with van der Waals surface area (Å²) in [6.45, 7) is 3.12. The minimum Gasteiger partial charge on any atom is -0.493 e. The normalized spacial score (nSPS) is 15.4. The first kappa shape index (κ1) is 17.0. The van der Waals surface area contributed by atoms with E-state index < -0.39 is 0 Å². The Labute approximate surface area is 146 Å². The van der Waals surface area contributed by atoms with Crippen LogP contribution in [0.5, 0.6) is 23.0 Å². The Bertz CT molecular complexity index is 746. The maximum absolute atomic E-state index is 12.4. The quantitative estimate of drug-likeness (QED) is 0.873. The summed E-state index contributed by atoms with van der Waals surface area (Å²) in [6.07, 6.45) is -0.233. The summed E-state index contributed by atoms with van der Waals surface area (Å²) in [5.41, 5.74) is 0.501. The minimum absolute atomic E-state index is 0.203. The zero-order chi connectivity index (χ0) is 17.6. The minimum atomic E-state index is -0.233. The van der Waals surface area contributed by atoms with E-state index in [-0.39, 0.29) is 12.0 Å². The fourth-order valence-corrected chi connectivity index (χ4v) is 2.56. The van der Waals surface area contributed by atoms with E-state index in [1.54, 1.807) is 25.3 Å².